The maximum atomic E-state index is 13.5. The molecule has 5 nitrogen and oxygen atoms in total. The molecular formula is C13H8F5N5. The van der Waals surface area contributed by atoms with Crippen LogP contribution in [0.25, 0.3) is 11.5 Å². The average Bonchev–Trinajstić information content (AvgIpc) is 3.22. The molecule has 3 rings (SSSR count). The molecule has 10 heteroatoms. The Morgan fingerprint density at radius 3 is 2.22 bits per heavy atom. The van der Waals surface area contributed by atoms with Crippen LogP contribution in [0.3, 0.4) is 0 Å². The molecule has 0 spiro atoms. The smallest absolute Gasteiger partial charge is 0.242 e. The zero-order valence-corrected chi connectivity index (χ0v) is 11.2. The fourth-order valence-corrected chi connectivity index (χ4v) is 1.91. The first-order chi connectivity index (χ1) is 11.0. The fourth-order valence-electron chi connectivity index (χ4n) is 1.91. The Morgan fingerprint density at radius 2 is 1.61 bits per heavy atom. The van der Waals surface area contributed by atoms with Crippen LogP contribution in [0.5, 0.6) is 0 Å². The SMILES string of the molecule is Fc1c(F)c(F)c(CNc2n[nH]c(-c3ccc[nH]3)n2)c(F)c1F. The summed E-state index contributed by atoms with van der Waals surface area (Å²) >= 11 is 0. The molecule has 0 fully saturated rings. The zero-order chi connectivity index (χ0) is 16.6. The summed E-state index contributed by atoms with van der Waals surface area (Å²) in [4.78, 5) is 6.83. The molecule has 0 amide bonds. The van der Waals surface area contributed by atoms with Gasteiger partial charge in [0.2, 0.25) is 11.8 Å². The summed E-state index contributed by atoms with van der Waals surface area (Å²) in [5.41, 5.74) is -0.380. The molecule has 0 saturated carbocycles. The third kappa shape index (κ3) is 2.62. The molecule has 0 aliphatic heterocycles. The molecule has 0 aliphatic carbocycles. The lowest BCUT2D eigenvalue weighted by molar-refractivity contribution is 0.371. The van der Waals surface area contributed by atoms with Gasteiger partial charge in [-0.3, -0.25) is 5.10 Å². The average molecular weight is 329 g/mol. The number of benzene rings is 1. The standard InChI is InChI=1S/C13H8F5N5/c14-7-5(8(15)10(17)11(18)9(7)16)4-20-13-21-12(22-23-13)6-2-1-3-19-6/h1-3,19H,4H2,(H2,20,21,22,23). The molecule has 3 N–H and O–H groups in total. The van der Waals surface area contributed by atoms with Gasteiger partial charge in [-0.15, -0.1) is 5.10 Å². The van der Waals surface area contributed by atoms with Crippen molar-refractivity contribution >= 4 is 5.95 Å². The first kappa shape index (κ1) is 15.0. The van der Waals surface area contributed by atoms with E-state index in [0.29, 0.717) is 11.5 Å². The van der Waals surface area contributed by atoms with E-state index in [0.717, 1.165) is 0 Å². The van der Waals surface area contributed by atoms with Crippen molar-refractivity contribution in [1.82, 2.24) is 20.2 Å². The summed E-state index contributed by atoms with van der Waals surface area (Å²) in [5.74, 6) is -9.70. The van der Waals surface area contributed by atoms with Crippen LogP contribution in [0, 0.1) is 29.1 Å². The van der Waals surface area contributed by atoms with Crippen LogP contribution in [-0.4, -0.2) is 20.2 Å². The van der Waals surface area contributed by atoms with Crippen LogP contribution in [-0.2, 0) is 6.54 Å². The van der Waals surface area contributed by atoms with Crippen molar-refractivity contribution < 1.29 is 22.0 Å². The van der Waals surface area contributed by atoms with Gasteiger partial charge in [-0.2, -0.15) is 4.98 Å². The molecule has 0 radical (unpaired) electrons. The minimum absolute atomic E-state index is 0.0569. The molecule has 3 aromatic rings. The highest BCUT2D eigenvalue weighted by Gasteiger charge is 2.25. The molecular weight excluding hydrogens is 321 g/mol. The Bertz CT molecular complexity index is 814. The highest BCUT2D eigenvalue weighted by molar-refractivity contribution is 5.50. The van der Waals surface area contributed by atoms with Gasteiger partial charge in [0.1, 0.15) is 0 Å². The number of aromatic amines is 2. The number of H-pyrrole nitrogens is 2. The van der Waals surface area contributed by atoms with Crippen molar-refractivity contribution in [3.05, 3.63) is 53.0 Å². The van der Waals surface area contributed by atoms with Crippen molar-refractivity contribution in [3.8, 4) is 11.5 Å². The first-order valence-corrected chi connectivity index (χ1v) is 6.29. The third-order valence-corrected chi connectivity index (χ3v) is 3.06. The van der Waals surface area contributed by atoms with Crippen molar-refractivity contribution in [2.45, 2.75) is 6.54 Å². The number of hydrogen-bond donors (Lipinski definition) is 3. The van der Waals surface area contributed by atoms with Gasteiger partial charge in [-0.05, 0) is 12.1 Å². The van der Waals surface area contributed by atoms with Gasteiger partial charge >= 0.3 is 0 Å². The maximum absolute atomic E-state index is 13.5. The number of hydrogen-bond acceptors (Lipinski definition) is 3. The van der Waals surface area contributed by atoms with Crippen LogP contribution in [0.15, 0.2) is 18.3 Å². The van der Waals surface area contributed by atoms with E-state index in [1.807, 2.05) is 0 Å². The van der Waals surface area contributed by atoms with Gasteiger partial charge in [0.25, 0.3) is 0 Å². The lowest BCUT2D eigenvalue weighted by atomic mass is 10.1. The monoisotopic (exact) mass is 329 g/mol. The Balaban J connectivity index is 1.82. The Hall–Kier alpha value is -2.91. The molecule has 2 heterocycles. The van der Waals surface area contributed by atoms with Crippen LogP contribution in [0.1, 0.15) is 5.56 Å². The highest BCUT2D eigenvalue weighted by Crippen LogP contribution is 2.23. The highest BCUT2D eigenvalue weighted by atomic mass is 19.2. The van der Waals surface area contributed by atoms with Crippen molar-refractivity contribution in [2.24, 2.45) is 0 Å². The lowest BCUT2D eigenvalue weighted by Crippen LogP contribution is -2.11. The van der Waals surface area contributed by atoms with E-state index in [1.165, 1.54) is 0 Å². The number of rotatable bonds is 4. The van der Waals surface area contributed by atoms with E-state index in [-0.39, 0.29) is 5.95 Å². The minimum atomic E-state index is -2.20. The lowest BCUT2D eigenvalue weighted by Gasteiger charge is -2.08. The van der Waals surface area contributed by atoms with Gasteiger partial charge in [-0.25, -0.2) is 22.0 Å². The molecule has 1 aromatic carbocycles. The molecule has 0 unspecified atom stereocenters. The summed E-state index contributed by atoms with van der Waals surface area (Å²) in [6.45, 7) is -0.673. The molecule has 0 aliphatic rings. The Kier molecular flexibility index (Phi) is 3.72. The van der Waals surface area contributed by atoms with E-state index in [4.69, 9.17) is 0 Å². The van der Waals surface area contributed by atoms with Gasteiger partial charge in [-0.1, -0.05) is 0 Å². The van der Waals surface area contributed by atoms with Crippen LogP contribution in [0.4, 0.5) is 27.9 Å². The number of halogens is 5. The van der Waals surface area contributed by atoms with Crippen molar-refractivity contribution in [2.75, 3.05) is 5.32 Å². The second-order valence-electron chi connectivity index (χ2n) is 4.49. The van der Waals surface area contributed by atoms with E-state index >= 15 is 0 Å². The summed E-state index contributed by atoms with van der Waals surface area (Å²) in [5, 5.41) is 8.69. The topological polar surface area (TPSA) is 69.4 Å². The Labute approximate surface area is 125 Å². The third-order valence-electron chi connectivity index (χ3n) is 3.06. The molecule has 2 aromatic heterocycles. The predicted molar refractivity (Wildman–Crippen MR) is 69.7 cm³/mol. The maximum Gasteiger partial charge on any atom is 0.242 e. The quantitative estimate of drug-likeness (QED) is 0.391. The molecule has 0 saturated heterocycles. The van der Waals surface area contributed by atoms with E-state index in [2.05, 4.69) is 25.5 Å². The number of aromatic nitrogens is 4. The molecule has 120 valence electrons. The van der Waals surface area contributed by atoms with Gasteiger partial charge in [0, 0.05) is 18.3 Å². The fraction of sp³-hybridized carbons (Fsp3) is 0.0769. The van der Waals surface area contributed by atoms with E-state index in [1.54, 1.807) is 18.3 Å². The zero-order valence-electron chi connectivity index (χ0n) is 11.2. The first-order valence-electron chi connectivity index (χ1n) is 6.29. The largest absolute Gasteiger partial charge is 0.359 e. The van der Waals surface area contributed by atoms with Gasteiger partial charge in [0.15, 0.2) is 29.1 Å². The van der Waals surface area contributed by atoms with Crippen LogP contribution in [0.2, 0.25) is 0 Å². The molecule has 23 heavy (non-hydrogen) atoms. The van der Waals surface area contributed by atoms with Crippen molar-refractivity contribution in [3.63, 3.8) is 0 Å². The number of nitrogens with zero attached hydrogens (tertiary/aromatic N) is 2. The second kappa shape index (κ2) is 5.71. The van der Waals surface area contributed by atoms with Gasteiger partial charge < -0.3 is 10.3 Å². The van der Waals surface area contributed by atoms with Crippen LogP contribution >= 0.6 is 0 Å². The summed E-state index contributed by atoms with van der Waals surface area (Å²) < 4.78 is 66.2. The Morgan fingerprint density at radius 1 is 0.957 bits per heavy atom. The second-order valence-corrected chi connectivity index (χ2v) is 4.49. The predicted octanol–water partition coefficient (Wildman–Crippen LogP) is 3.11. The van der Waals surface area contributed by atoms with Gasteiger partial charge in [0.05, 0.1) is 5.69 Å². The summed E-state index contributed by atoms with van der Waals surface area (Å²) in [7, 11) is 0. The van der Waals surface area contributed by atoms with E-state index < -0.39 is 41.2 Å². The van der Waals surface area contributed by atoms with E-state index in [9.17, 15) is 22.0 Å². The summed E-state index contributed by atoms with van der Waals surface area (Å²) in [6, 6.07) is 3.42. The minimum Gasteiger partial charge on any atom is -0.359 e. The normalized spacial score (nSPS) is 11.0. The molecule has 0 bridgehead atoms. The van der Waals surface area contributed by atoms with Crippen molar-refractivity contribution in [1.29, 1.82) is 0 Å². The molecule has 0 atom stereocenters. The number of nitrogens with one attached hydrogen (secondary N) is 3. The number of anilines is 1. The van der Waals surface area contributed by atoms with Crippen LogP contribution < -0.4 is 5.32 Å². The summed E-state index contributed by atoms with van der Waals surface area (Å²) in [6.07, 6.45) is 1.65.